The van der Waals surface area contributed by atoms with E-state index < -0.39 is 0 Å². The number of benzene rings is 1. The van der Waals surface area contributed by atoms with Crippen molar-refractivity contribution in [3.63, 3.8) is 0 Å². The van der Waals surface area contributed by atoms with Crippen molar-refractivity contribution in [3.8, 4) is 5.75 Å². The fourth-order valence-corrected chi connectivity index (χ4v) is 3.88. The highest BCUT2D eigenvalue weighted by molar-refractivity contribution is 5.82. The fourth-order valence-electron chi connectivity index (χ4n) is 3.88. The highest BCUT2D eigenvalue weighted by Crippen LogP contribution is 2.46. The monoisotopic (exact) mass is 319 g/mol. The third-order valence-corrected chi connectivity index (χ3v) is 4.84. The Morgan fingerprint density at radius 1 is 1.30 bits per heavy atom. The molecule has 0 spiro atoms. The zero-order valence-electron chi connectivity index (χ0n) is 15.3. The number of esters is 1. The van der Waals surface area contributed by atoms with Gasteiger partial charge < -0.3 is 14.4 Å². The van der Waals surface area contributed by atoms with Crippen LogP contribution in [0.5, 0.6) is 5.75 Å². The van der Waals surface area contributed by atoms with Gasteiger partial charge in [0.05, 0.1) is 14.2 Å². The zero-order chi connectivity index (χ0) is 17.4. The Hall–Kier alpha value is -1.71. The number of rotatable bonds is 4. The van der Waals surface area contributed by atoms with Gasteiger partial charge in [0.15, 0.2) is 0 Å². The van der Waals surface area contributed by atoms with Crippen molar-refractivity contribution < 1.29 is 14.3 Å². The molecule has 0 aromatic heterocycles. The fraction of sp³-hybridized carbons (Fsp3) is 0.632. The second-order valence-corrected chi connectivity index (χ2v) is 7.42. The van der Waals surface area contributed by atoms with Crippen LogP contribution in [0.2, 0.25) is 0 Å². The van der Waals surface area contributed by atoms with Gasteiger partial charge in [-0.3, -0.25) is 0 Å². The van der Waals surface area contributed by atoms with E-state index in [4.69, 9.17) is 9.47 Å². The number of ether oxygens (including phenoxy) is 2. The van der Waals surface area contributed by atoms with E-state index in [0.717, 1.165) is 17.9 Å². The number of carbonyl (C=O) groups excluding carboxylic acids is 1. The van der Waals surface area contributed by atoms with Crippen LogP contribution in [-0.2, 0) is 9.53 Å². The quantitative estimate of drug-likeness (QED) is 0.787. The molecule has 1 aromatic carbocycles. The standard InChI is InChI=1S/C19H29NO3/c1-12(2)17(18(21)23-7)20-16-10-14(22-6)8-9-15(16)13(3)11-19(20,4)5/h8-10,12-13,17H,11H2,1-7H3/t13-,17-/m1/s1. The maximum atomic E-state index is 12.5. The first kappa shape index (κ1) is 17.6. The predicted octanol–water partition coefficient (Wildman–Crippen LogP) is 3.99. The summed E-state index contributed by atoms with van der Waals surface area (Å²) in [4.78, 5) is 14.7. The van der Waals surface area contributed by atoms with Crippen LogP contribution >= 0.6 is 0 Å². The topological polar surface area (TPSA) is 38.8 Å². The number of hydrogen-bond acceptors (Lipinski definition) is 4. The Labute approximate surface area is 139 Å². The van der Waals surface area contributed by atoms with Gasteiger partial charge in [0.25, 0.3) is 0 Å². The Morgan fingerprint density at radius 2 is 1.96 bits per heavy atom. The molecule has 23 heavy (non-hydrogen) atoms. The minimum atomic E-state index is -0.312. The van der Waals surface area contributed by atoms with Crippen molar-refractivity contribution in [1.82, 2.24) is 0 Å². The molecule has 2 atom stereocenters. The van der Waals surface area contributed by atoms with Crippen LogP contribution in [0.25, 0.3) is 0 Å². The molecule has 0 radical (unpaired) electrons. The van der Waals surface area contributed by atoms with Crippen molar-refractivity contribution >= 4 is 11.7 Å². The number of carbonyl (C=O) groups is 1. The second kappa shape index (κ2) is 6.42. The third kappa shape index (κ3) is 3.17. The molecule has 0 bridgehead atoms. The Bertz CT molecular complexity index is 580. The summed E-state index contributed by atoms with van der Waals surface area (Å²) in [6.07, 6.45) is 0.993. The van der Waals surface area contributed by atoms with Crippen LogP contribution in [0.15, 0.2) is 18.2 Å². The lowest BCUT2D eigenvalue weighted by Gasteiger charge is -2.51. The third-order valence-electron chi connectivity index (χ3n) is 4.84. The molecule has 1 aliphatic rings. The second-order valence-electron chi connectivity index (χ2n) is 7.42. The smallest absolute Gasteiger partial charge is 0.328 e. The van der Waals surface area contributed by atoms with Crippen molar-refractivity contribution in [3.05, 3.63) is 23.8 Å². The van der Waals surface area contributed by atoms with E-state index in [-0.39, 0.29) is 23.5 Å². The van der Waals surface area contributed by atoms with Gasteiger partial charge in [-0.05, 0) is 43.7 Å². The molecule has 4 heteroatoms. The van der Waals surface area contributed by atoms with Crippen molar-refractivity contribution in [2.45, 2.75) is 58.5 Å². The molecule has 0 saturated heterocycles. The number of anilines is 1. The molecule has 4 nitrogen and oxygen atoms in total. The number of methoxy groups -OCH3 is 2. The van der Waals surface area contributed by atoms with Crippen LogP contribution < -0.4 is 9.64 Å². The first-order valence-electron chi connectivity index (χ1n) is 8.28. The highest BCUT2D eigenvalue weighted by atomic mass is 16.5. The minimum absolute atomic E-state index is 0.137. The Morgan fingerprint density at radius 3 is 2.48 bits per heavy atom. The van der Waals surface area contributed by atoms with Gasteiger partial charge in [0, 0.05) is 17.3 Å². The van der Waals surface area contributed by atoms with Gasteiger partial charge >= 0.3 is 5.97 Å². The maximum absolute atomic E-state index is 12.5. The van der Waals surface area contributed by atoms with Crippen molar-refractivity contribution in [2.24, 2.45) is 5.92 Å². The summed E-state index contributed by atoms with van der Waals surface area (Å²) in [5, 5.41) is 0. The molecule has 0 fully saturated rings. The molecular weight excluding hydrogens is 290 g/mol. The van der Waals surface area contributed by atoms with Crippen LogP contribution in [0.4, 0.5) is 5.69 Å². The van der Waals surface area contributed by atoms with E-state index >= 15 is 0 Å². The number of fused-ring (bicyclic) bond motifs is 1. The largest absolute Gasteiger partial charge is 0.497 e. The Balaban J connectivity index is 2.64. The lowest BCUT2D eigenvalue weighted by Crippen LogP contribution is -2.58. The average molecular weight is 319 g/mol. The number of hydrogen-bond donors (Lipinski definition) is 0. The molecule has 2 rings (SSSR count). The molecule has 128 valence electrons. The normalized spacial score (nSPS) is 20.9. The predicted molar refractivity (Wildman–Crippen MR) is 93.2 cm³/mol. The van der Waals surface area contributed by atoms with Gasteiger partial charge in [0.1, 0.15) is 11.8 Å². The van der Waals surface area contributed by atoms with E-state index in [9.17, 15) is 4.79 Å². The van der Waals surface area contributed by atoms with Gasteiger partial charge in [-0.1, -0.05) is 26.8 Å². The van der Waals surface area contributed by atoms with Crippen molar-refractivity contribution in [1.29, 1.82) is 0 Å². The first-order valence-corrected chi connectivity index (χ1v) is 8.28. The average Bonchev–Trinajstić information content (AvgIpc) is 2.49. The van der Waals surface area contributed by atoms with Crippen LogP contribution in [-0.4, -0.2) is 31.8 Å². The van der Waals surface area contributed by atoms with E-state index in [1.807, 2.05) is 12.1 Å². The molecule has 0 saturated carbocycles. The Kier molecular flexibility index (Phi) is 4.92. The van der Waals surface area contributed by atoms with E-state index in [1.54, 1.807) is 7.11 Å². The lowest BCUT2D eigenvalue weighted by atomic mass is 9.78. The van der Waals surface area contributed by atoms with Crippen LogP contribution in [0, 0.1) is 5.92 Å². The van der Waals surface area contributed by atoms with Crippen LogP contribution in [0.1, 0.15) is 52.5 Å². The molecule has 0 unspecified atom stereocenters. The molecule has 0 aliphatic carbocycles. The summed E-state index contributed by atoms with van der Waals surface area (Å²) in [6.45, 7) is 10.8. The lowest BCUT2D eigenvalue weighted by molar-refractivity contribution is -0.143. The summed E-state index contributed by atoms with van der Waals surface area (Å²) in [7, 11) is 3.13. The summed E-state index contributed by atoms with van der Waals surface area (Å²) >= 11 is 0. The summed E-state index contributed by atoms with van der Waals surface area (Å²) in [6, 6.07) is 5.85. The molecule has 1 aliphatic heterocycles. The summed E-state index contributed by atoms with van der Waals surface area (Å²) in [5.74, 6) is 1.21. The highest BCUT2D eigenvalue weighted by Gasteiger charge is 2.44. The first-order chi connectivity index (χ1) is 10.7. The molecular formula is C19H29NO3. The van der Waals surface area contributed by atoms with Crippen LogP contribution in [0.3, 0.4) is 0 Å². The molecule has 0 N–H and O–H groups in total. The molecule has 0 amide bonds. The van der Waals surface area contributed by atoms with Gasteiger partial charge in [-0.25, -0.2) is 4.79 Å². The van der Waals surface area contributed by atoms with Crippen molar-refractivity contribution in [2.75, 3.05) is 19.1 Å². The zero-order valence-corrected chi connectivity index (χ0v) is 15.3. The van der Waals surface area contributed by atoms with Gasteiger partial charge in [-0.2, -0.15) is 0 Å². The van der Waals surface area contributed by atoms with Gasteiger partial charge in [-0.15, -0.1) is 0 Å². The molecule has 1 aromatic rings. The van der Waals surface area contributed by atoms with Gasteiger partial charge in [0.2, 0.25) is 0 Å². The van der Waals surface area contributed by atoms with E-state index in [0.29, 0.717) is 5.92 Å². The van der Waals surface area contributed by atoms with E-state index in [2.05, 4.69) is 45.6 Å². The molecule has 1 heterocycles. The minimum Gasteiger partial charge on any atom is -0.497 e. The number of nitrogens with zero attached hydrogens (tertiary/aromatic N) is 1. The SMILES string of the molecule is COC(=O)[C@@H](C(C)C)N1c2cc(OC)ccc2[C@H](C)CC1(C)C. The maximum Gasteiger partial charge on any atom is 0.328 e. The van der Waals surface area contributed by atoms with E-state index in [1.165, 1.54) is 12.7 Å². The summed E-state index contributed by atoms with van der Waals surface area (Å²) < 4.78 is 10.5. The summed E-state index contributed by atoms with van der Waals surface area (Å²) in [5.41, 5.74) is 2.21.